The van der Waals surface area contributed by atoms with Gasteiger partial charge in [-0.15, -0.1) is 22.7 Å². The molecule has 3 heterocycles. The molecule has 194 valence electrons. The number of carbonyl (C=O) groups is 1. The van der Waals surface area contributed by atoms with Crippen LogP contribution < -0.4 is 20.2 Å². The molecule has 0 aliphatic rings. The molecule has 4 rings (SSSR count). The summed E-state index contributed by atoms with van der Waals surface area (Å²) < 4.78 is 7.79. The second kappa shape index (κ2) is 11.3. The summed E-state index contributed by atoms with van der Waals surface area (Å²) >= 11 is 9.07. The molecule has 11 heteroatoms. The van der Waals surface area contributed by atoms with Gasteiger partial charge in [-0.25, -0.2) is 0 Å². The van der Waals surface area contributed by atoms with Crippen molar-refractivity contribution in [2.24, 2.45) is 0 Å². The Labute approximate surface area is 229 Å². The number of carboxylic acid groups (broad SMARTS) is 1. The van der Waals surface area contributed by atoms with E-state index < -0.39 is 12.5 Å². The molecule has 0 saturated heterocycles. The molecular formula is C26H27N3O4S4. The smallest absolute Gasteiger partial charge is 0.323 e. The minimum atomic E-state index is -1.12. The van der Waals surface area contributed by atoms with E-state index in [9.17, 15) is 19.5 Å². The molecule has 7 nitrogen and oxygen atoms in total. The predicted molar refractivity (Wildman–Crippen MR) is 153 cm³/mol. The van der Waals surface area contributed by atoms with Crippen LogP contribution in [0, 0.1) is 30.1 Å². The molecule has 0 aliphatic heterocycles. The topological polar surface area (TPSA) is 86.2 Å². The number of carboxylic acids is 1. The van der Waals surface area contributed by atoms with Crippen LogP contribution in [0.15, 0.2) is 33.9 Å². The number of hydrogen-bond donors (Lipinski definition) is 1. The predicted octanol–water partition coefficient (Wildman–Crippen LogP) is 3.75. The minimum absolute atomic E-state index is 0.156. The molecule has 0 amide bonds. The van der Waals surface area contributed by atoms with Gasteiger partial charge in [0, 0.05) is 13.1 Å². The van der Waals surface area contributed by atoms with E-state index in [-0.39, 0.29) is 10.3 Å². The average molecular weight is 574 g/mol. The van der Waals surface area contributed by atoms with Gasteiger partial charge in [-0.1, -0.05) is 73.3 Å². The lowest BCUT2D eigenvalue weighted by Gasteiger charge is -2.04. The molecule has 0 atom stereocenters. The van der Waals surface area contributed by atoms with Crippen molar-refractivity contribution in [1.82, 2.24) is 13.7 Å². The van der Waals surface area contributed by atoms with Gasteiger partial charge in [-0.3, -0.25) is 19.0 Å². The molecule has 0 bridgehead atoms. The molecule has 0 radical (unpaired) electrons. The molecule has 0 spiro atoms. The summed E-state index contributed by atoms with van der Waals surface area (Å²) in [6.45, 7) is 10.8. The number of nitrogens with zero attached hydrogens (tertiary/aromatic N) is 3. The molecule has 0 fully saturated rings. The first-order valence-corrected chi connectivity index (χ1v) is 14.7. The van der Waals surface area contributed by atoms with Gasteiger partial charge in [-0.05, 0) is 31.9 Å². The van der Waals surface area contributed by atoms with E-state index in [0.717, 1.165) is 40.0 Å². The Morgan fingerprint density at radius 3 is 2.32 bits per heavy atom. The fourth-order valence-corrected chi connectivity index (χ4v) is 7.75. The number of aromatic nitrogens is 3. The van der Waals surface area contributed by atoms with E-state index in [0.29, 0.717) is 41.5 Å². The Bertz CT molecular complexity index is 1960. The van der Waals surface area contributed by atoms with Gasteiger partial charge >= 0.3 is 5.97 Å². The van der Waals surface area contributed by atoms with Crippen LogP contribution in [0.25, 0.3) is 12.7 Å². The monoisotopic (exact) mass is 573 g/mol. The van der Waals surface area contributed by atoms with Crippen molar-refractivity contribution in [3.05, 3.63) is 88.3 Å². The normalized spacial score (nSPS) is 13.9. The Kier molecular flexibility index (Phi) is 8.27. The number of benzene rings is 1. The average Bonchev–Trinajstić information content (AvgIpc) is 3.44. The van der Waals surface area contributed by atoms with Gasteiger partial charge in [0.2, 0.25) is 0 Å². The zero-order valence-corrected chi connectivity index (χ0v) is 24.0. The maximum absolute atomic E-state index is 13.5. The maximum Gasteiger partial charge on any atom is 0.323 e. The van der Waals surface area contributed by atoms with Crippen LogP contribution in [-0.2, 0) is 24.4 Å². The van der Waals surface area contributed by atoms with Crippen molar-refractivity contribution in [3.63, 3.8) is 0 Å². The largest absolute Gasteiger partial charge is 0.480 e. The number of rotatable bonds is 7. The van der Waals surface area contributed by atoms with E-state index in [2.05, 4.69) is 13.5 Å². The third-order valence-corrected chi connectivity index (χ3v) is 9.66. The molecule has 0 aliphatic carbocycles. The summed E-state index contributed by atoms with van der Waals surface area (Å²) in [7, 11) is 0. The number of aryl methyl sites for hydroxylation is 1. The Hall–Kier alpha value is -2.86. The highest BCUT2D eigenvalue weighted by atomic mass is 32.1. The fraction of sp³-hybridized carbons (Fsp3) is 0.308. The quantitative estimate of drug-likeness (QED) is 0.341. The standard InChI is InChI=1S/C26H27N3O4S4/c1-5-7-12-28-20(22-27(6-2)16(4)26(34)37-22)25(33)36-23(28)24-29(14-19(30)31)21(32)18(35-24)13-17-10-8-15(3)9-11-17/h8-11,13H,4-7,12,14H2,1-3H3,(H,30,31)/b18-13?,22-20+,24-23+. The van der Waals surface area contributed by atoms with Crippen molar-refractivity contribution >= 4 is 64.9 Å². The van der Waals surface area contributed by atoms with E-state index in [1.165, 1.54) is 27.2 Å². The number of hydrogen-bond acceptors (Lipinski definition) is 7. The molecule has 1 aromatic carbocycles. The maximum atomic E-state index is 13.5. The fourth-order valence-electron chi connectivity index (χ4n) is 4.01. The van der Waals surface area contributed by atoms with E-state index in [4.69, 9.17) is 12.2 Å². The van der Waals surface area contributed by atoms with Gasteiger partial charge in [0.15, 0.2) is 0 Å². The Morgan fingerprint density at radius 2 is 1.70 bits per heavy atom. The van der Waals surface area contributed by atoms with Crippen molar-refractivity contribution in [3.8, 4) is 0 Å². The van der Waals surface area contributed by atoms with Gasteiger partial charge in [0.1, 0.15) is 29.7 Å². The highest BCUT2D eigenvalue weighted by Crippen LogP contribution is 2.12. The second-order valence-corrected chi connectivity index (χ2v) is 12.2. The first kappa shape index (κ1) is 27.2. The lowest BCUT2D eigenvalue weighted by atomic mass is 10.1. The summed E-state index contributed by atoms with van der Waals surface area (Å²) in [6.07, 6.45) is 3.48. The molecule has 1 N–H and O–H groups in total. The number of aliphatic carboxylic acids is 1. The Morgan fingerprint density at radius 1 is 1.03 bits per heavy atom. The number of thiazole rings is 3. The van der Waals surface area contributed by atoms with Crippen LogP contribution in [0.1, 0.15) is 37.8 Å². The lowest BCUT2D eigenvalue weighted by molar-refractivity contribution is -0.137. The summed E-state index contributed by atoms with van der Waals surface area (Å²) in [5.74, 6) is -1.12. The SMILES string of the molecule is C=c1c(=S)s/c(=c2\c(=O)s/c(=c3/sc(=Cc4ccc(C)cc4)c(=O)n3CC(=O)O)n2CCCC)n1CC. The number of unbranched alkanes of at least 4 members (excludes halogenated alkanes) is 1. The summed E-state index contributed by atoms with van der Waals surface area (Å²) in [5, 5.41) is 10.8. The first-order valence-electron chi connectivity index (χ1n) is 11.8. The zero-order chi connectivity index (χ0) is 26.9. The van der Waals surface area contributed by atoms with Gasteiger partial charge in [0.05, 0.1) is 9.88 Å². The third kappa shape index (κ3) is 5.40. The molecule has 0 saturated carbocycles. The molecule has 37 heavy (non-hydrogen) atoms. The highest BCUT2D eigenvalue weighted by Gasteiger charge is 2.14. The van der Waals surface area contributed by atoms with Crippen LogP contribution >= 0.6 is 46.2 Å². The summed E-state index contributed by atoms with van der Waals surface area (Å²) in [5.41, 5.74) is 1.56. The second-order valence-electron chi connectivity index (χ2n) is 8.55. The van der Waals surface area contributed by atoms with E-state index in [1.807, 2.05) is 47.2 Å². The van der Waals surface area contributed by atoms with Gasteiger partial charge in [-0.2, -0.15) is 0 Å². The van der Waals surface area contributed by atoms with Crippen molar-refractivity contribution in [1.29, 1.82) is 0 Å². The zero-order valence-electron chi connectivity index (χ0n) is 20.8. The third-order valence-electron chi connectivity index (χ3n) is 5.91. The van der Waals surface area contributed by atoms with Crippen LogP contribution in [0.4, 0.5) is 0 Å². The minimum Gasteiger partial charge on any atom is -0.480 e. The highest BCUT2D eigenvalue weighted by molar-refractivity contribution is 7.73. The van der Waals surface area contributed by atoms with E-state index >= 15 is 0 Å². The van der Waals surface area contributed by atoms with Gasteiger partial charge in [0.25, 0.3) is 10.3 Å². The van der Waals surface area contributed by atoms with Crippen molar-refractivity contribution < 1.29 is 9.90 Å². The molecule has 4 aromatic rings. The summed E-state index contributed by atoms with van der Waals surface area (Å²) in [4.78, 5) is 38.6. The van der Waals surface area contributed by atoms with Gasteiger partial charge < -0.3 is 14.2 Å². The molecule has 0 unspecified atom stereocenters. The van der Waals surface area contributed by atoms with Crippen LogP contribution in [0.3, 0.4) is 0 Å². The lowest BCUT2D eigenvalue weighted by Crippen LogP contribution is -2.29. The Balaban J connectivity index is 2.25. The van der Waals surface area contributed by atoms with Crippen molar-refractivity contribution in [2.75, 3.05) is 0 Å². The van der Waals surface area contributed by atoms with Crippen LogP contribution in [0.2, 0.25) is 0 Å². The first-order chi connectivity index (χ1) is 17.7. The van der Waals surface area contributed by atoms with E-state index in [1.54, 1.807) is 6.08 Å². The molecule has 3 aromatic heterocycles. The summed E-state index contributed by atoms with van der Waals surface area (Å²) in [6, 6.07) is 7.75. The molecular weight excluding hydrogens is 547 g/mol. The van der Waals surface area contributed by atoms with Crippen LogP contribution in [-0.4, -0.2) is 24.8 Å². The van der Waals surface area contributed by atoms with Crippen molar-refractivity contribution in [2.45, 2.75) is 53.2 Å². The van der Waals surface area contributed by atoms with Crippen LogP contribution in [0.5, 0.6) is 0 Å².